The van der Waals surface area contributed by atoms with Crippen molar-refractivity contribution in [2.75, 3.05) is 13.1 Å². The molecule has 1 saturated heterocycles. The van der Waals surface area contributed by atoms with E-state index in [1.165, 1.54) is 18.2 Å². The Morgan fingerprint density at radius 2 is 2.33 bits per heavy atom. The normalized spacial score (nSPS) is 19.1. The van der Waals surface area contributed by atoms with Gasteiger partial charge in [0.15, 0.2) is 0 Å². The van der Waals surface area contributed by atoms with Gasteiger partial charge >= 0.3 is 0 Å². The maximum Gasteiger partial charge on any atom is 0.137 e. The van der Waals surface area contributed by atoms with Crippen molar-refractivity contribution in [1.29, 1.82) is 0 Å². The first-order valence-electron chi connectivity index (χ1n) is 6.31. The Kier molecular flexibility index (Phi) is 4.72. The second-order valence-corrected chi connectivity index (χ2v) is 5.29. The van der Waals surface area contributed by atoms with Crippen molar-refractivity contribution in [3.05, 3.63) is 34.6 Å². The topological polar surface area (TPSA) is 29.1 Å². The third-order valence-corrected chi connectivity index (χ3v) is 3.62. The SMILES string of the molecule is O=C(CCC1CCNC1)Cc1cc(Cl)ccc1F. The highest BCUT2D eigenvalue weighted by Crippen LogP contribution is 2.18. The predicted octanol–water partition coefficient (Wildman–Crippen LogP) is 2.98. The highest BCUT2D eigenvalue weighted by molar-refractivity contribution is 6.30. The zero-order valence-corrected chi connectivity index (χ0v) is 11.0. The van der Waals surface area contributed by atoms with Crippen molar-refractivity contribution in [2.24, 2.45) is 5.92 Å². The van der Waals surface area contributed by atoms with Crippen LogP contribution in [0.2, 0.25) is 5.02 Å². The molecular weight excluding hydrogens is 253 g/mol. The second-order valence-electron chi connectivity index (χ2n) is 4.85. The Balaban J connectivity index is 1.84. The molecule has 0 aromatic heterocycles. The van der Waals surface area contributed by atoms with Gasteiger partial charge in [0, 0.05) is 17.9 Å². The van der Waals surface area contributed by atoms with Gasteiger partial charge in [0.1, 0.15) is 11.6 Å². The summed E-state index contributed by atoms with van der Waals surface area (Å²) >= 11 is 5.79. The first kappa shape index (κ1) is 13.5. The number of ketones is 1. The minimum absolute atomic E-state index is 0.0862. The van der Waals surface area contributed by atoms with Crippen molar-refractivity contribution in [3.63, 3.8) is 0 Å². The summed E-state index contributed by atoms with van der Waals surface area (Å²) in [6.07, 6.45) is 2.71. The van der Waals surface area contributed by atoms with Crippen molar-refractivity contribution in [3.8, 4) is 0 Å². The molecule has 1 N–H and O–H groups in total. The molecule has 1 aromatic carbocycles. The van der Waals surface area contributed by atoms with E-state index >= 15 is 0 Å². The summed E-state index contributed by atoms with van der Waals surface area (Å²) in [5.41, 5.74) is 0.400. The smallest absolute Gasteiger partial charge is 0.137 e. The van der Waals surface area contributed by atoms with Gasteiger partial charge in [0.05, 0.1) is 0 Å². The van der Waals surface area contributed by atoms with Crippen LogP contribution in [0.4, 0.5) is 4.39 Å². The van der Waals surface area contributed by atoms with E-state index in [0.29, 0.717) is 22.9 Å². The molecule has 18 heavy (non-hydrogen) atoms. The largest absolute Gasteiger partial charge is 0.316 e. The van der Waals surface area contributed by atoms with Crippen LogP contribution < -0.4 is 5.32 Å². The Bertz CT molecular complexity index is 430. The average molecular weight is 270 g/mol. The molecule has 2 nitrogen and oxygen atoms in total. The monoisotopic (exact) mass is 269 g/mol. The van der Waals surface area contributed by atoms with Crippen LogP contribution >= 0.6 is 11.6 Å². The molecule has 1 fully saturated rings. The molecule has 2 rings (SSSR count). The van der Waals surface area contributed by atoms with Crippen molar-refractivity contribution < 1.29 is 9.18 Å². The van der Waals surface area contributed by atoms with Gasteiger partial charge in [-0.2, -0.15) is 0 Å². The number of hydrogen-bond donors (Lipinski definition) is 1. The van der Waals surface area contributed by atoms with E-state index in [1.807, 2.05) is 0 Å². The predicted molar refractivity (Wildman–Crippen MR) is 70.3 cm³/mol. The molecule has 1 unspecified atom stereocenters. The minimum atomic E-state index is -0.352. The molecule has 0 amide bonds. The lowest BCUT2D eigenvalue weighted by molar-refractivity contribution is -0.118. The molecule has 1 heterocycles. The van der Waals surface area contributed by atoms with E-state index in [0.717, 1.165) is 25.9 Å². The van der Waals surface area contributed by atoms with Gasteiger partial charge < -0.3 is 5.32 Å². The van der Waals surface area contributed by atoms with Crippen molar-refractivity contribution in [1.82, 2.24) is 5.32 Å². The Hall–Kier alpha value is -0.930. The quantitative estimate of drug-likeness (QED) is 0.890. The Morgan fingerprint density at radius 3 is 3.06 bits per heavy atom. The molecule has 0 saturated carbocycles. The van der Waals surface area contributed by atoms with Crippen LogP contribution in [0.15, 0.2) is 18.2 Å². The minimum Gasteiger partial charge on any atom is -0.316 e. The molecule has 1 aliphatic heterocycles. The van der Waals surface area contributed by atoms with Crippen LogP contribution in [0, 0.1) is 11.7 Å². The molecule has 98 valence electrons. The van der Waals surface area contributed by atoms with E-state index in [-0.39, 0.29) is 18.0 Å². The van der Waals surface area contributed by atoms with Crippen LogP contribution in [0.5, 0.6) is 0 Å². The van der Waals surface area contributed by atoms with Gasteiger partial charge in [-0.3, -0.25) is 4.79 Å². The number of carbonyl (C=O) groups is 1. The third-order valence-electron chi connectivity index (χ3n) is 3.39. The third kappa shape index (κ3) is 3.79. The lowest BCUT2D eigenvalue weighted by Gasteiger charge is -2.07. The highest BCUT2D eigenvalue weighted by Gasteiger charge is 2.16. The van der Waals surface area contributed by atoms with Crippen molar-refractivity contribution in [2.45, 2.75) is 25.7 Å². The summed E-state index contributed by atoms with van der Waals surface area (Å²) < 4.78 is 13.5. The summed E-state index contributed by atoms with van der Waals surface area (Å²) in [5.74, 6) is 0.330. The molecule has 1 aromatic rings. The fourth-order valence-electron chi connectivity index (χ4n) is 2.31. The first-order chi connectivity index (χ1) is 8.65. The van der Waals surface area contributed by atoms with Gasteiger partial charge in [0.2, 0.25) is 0 Å². The van der Waals surface area contributed by atoms with E-state index in [1.54, 1.807) is 0 Å². The van der Waals surface area contributed by atoms with Crippen LogP contribution in [0.3, 0.4) is 0 Å². The number of rotatable bonds is 5. The zero-order chi connectivity index (χ0) is 13.0. The Morgan fingerprint density at radius 1 is 1.50 bits per heavy atom. The second kappa shape index (κ2) is 6.30. The van der Waals surface area contributed by atoms with Gasteiger partial charge in [-0.25, -0.2) is 4.39 Å². The summed E-state index contributed by atoms with van der Waals surface area (Å²) in [4.78, 5) is 11.8. The number of Topliss-reactive ketones (excluding diaryl/α,β-unsaturated/α-hetero) is 1. The van der Waals surface area contributed by atoms with Gasteiger partial charge in [0.25, 0.3) is 0 Å². The maximum atomic E-state index is 13.5. The molecule has 0 aliphatic carbocycles. The highest BCUT2D eigenvalue weighted by atomic mass is 35.5. The Labute approximate surface area is 112 Å². The molecule has 1 atom stereocenters. The number of benzene rings is 1. The van der Waals surface area contributed by atoms with E-state index in [4.69, 9.17) is 11.6 Å². The fraction of sp³-hybridized carbons (Fsp3) is 0.500. The molecule has 4 heteroatoms. The van der Waals surface area contributed by atoms with Crippen LogP contribution in [0.1, 0.15) is 24.8 Å². The number of halogens is 2. The first-order valence-corrected chi connectivity index (χ1v) is 6.69. The maximum absolute atomic E-state index is 13.5. The molecular formula is C14H17ClFNO. The van der Waals surface area contributed by atoms with Gasteiger partial charge in [-0.15, -0.1) is 0 Å². The fourth-order valence-corrected chi connectivity index (χ4v) is 2.50. The van der Waals surface area contributed by atoms with Gasteiger partial charge in [-0.05, 0) is 55.6 Å². The van der Waals surface area contributed by atoms with Gasteiger partial charge in [-0.1, -0.05) is 11.6 Å². The molecule has 1 aliphatic rings. The summed E-state index contributed by atoms with van der Waals surface area (Å²) in [6, 6.07) is 4.34. The molecule has 0 radical (unpaired) electrons. The molecule has 0 spiro atoms. The average Bonchev–Trinajstić information content (AvgIpc) is 2.84. The number of carbonyl (C=O) groups excluding carboxylic acids is 1. The number of hydrogen-bond acceptors (Lipinski definition) is 2. The number of nitrogens with one attached hydrogen (secondary N) is 1. The summed E-state index contributed by atoms with van der Waals surface area (Å²) in [5, 5.41) is 3.75. The van der Waals surface area contributed by atoms with Crippen LogP contribution in [-0.2, 0) is 11.2 Å². The van der Waals surface area contributed by atoms with E-state index in [2.05, 4.69) is 5.32 Å². The molecule has 0 bridgehead atoms. The van der Waals surface area contributed by atoms with Crippen LogP contribution in [0.25, 0.3) is 0 Å². The zero-order valence-electron chi connectivity index (χ0n) is 10.2. The van der Waals surface area contributed by atoms with Crippen molar-refractivity contribution >= 4 is 17.4 Å². The summed E-state index contributed by atoms with van der Waals surface area (Å²) in [7, 11) is 0. The lowest BCUT2D eigenvalue weighted by Crippen LogP contribution is -2.11. The summed E-state index contributed by atoms with van der Waals surface area (Å²) in [6.45, 7) is 2.04. The van der Waals surface area contributed by atoms with Crippen LogP contribution in [-0.4, -0.2) is 18.9 Å². The van der Waals surface area contributed by atoms with E-state index < -0.39 is 0 Å². The standard InChI is InChI=1S/C14H17ClFNO/c15-12-2-4-14(16)11(7-12)8-13(18)3-1-10-5-6-17-9-10/h2,4,7,10,17H,1,3,5-6,8-9H2. The van der Waals surface area contributed by atoms with E-state index in [9.17, 15) is 9.18 Å². The lowest BCUT2D eigenvalue weighted by atomic mass is 9.98.